The maximum atomic E-state index is 13.1. The molecule has 7 nitrogen and oxygen atoms in total. The lowest BCUT2D eigenvalue weighted by Gasteiger charge is -2.24. The first kappa shape index (κ1) is 17.6. The zero-order valence-electron chi connectivity index (χ0n) is 14.4. The van der Waals surface area contributed by atoms with Crippen LogP contribution in [0.4, 0.5) is 5.82 Å². The number of aryl methyl sites for hydroxylation is 3. The topological polar surface area (TPSA) is 92.5 Å². The van der Waals surface area contributed by atoms with Crippen molar-refractivity contribution in [2.75, 3.05) is 11.9 Å². The summed E-state index contributed by atoms with van der Waals surface area (Å²) in [7, 11) is -3.74. The molecule has 0 unspecified atom stereocenters. The molecule has 134 valence electrons. The number of sulfonamides is 1. The quantitative estimate of drug-likeness (QED) is 0.900. The van der Waals surface area contributed by atoms with Gasteiger partial charge in [-0.2, -0.15) is 4.31 Å². The number of benzene rings is 1. The number of nitrogens with one attached hydrogen (secondary N) is 1. The monoisotopic (exact) mass is 363 g/mol. The molecule has 1 aromatic carbocycles. The number of aromatic nitrogens is 1. The van der Waals surface area contributed by atoms with Gasteiger partial charge in [0, 0.05) is 12.6 Å². The highest BCUT2D eigenvalue weighted by Gasteiger charge is 2.40. The van der Waals surface area contributed by atoms with E-state index >= 15 is 0 Å². The molecule has 1 amide bonds. The van der Waals surface area contributed by atoms with Crippen molar-refractivity contribution < 1.29 is 17.7 Å². The van der Waals surface area contributed by atoms with Gasteiger partial charge in [0.05, 0.1) is 4.90 Å². The van der Waals surface area contributed by atoms with Gasteiger partial charge in [0.2, 0.25) is 15.9 Å². The summed E-state index contributed by atoms with van der Waals surface area (Å²) in [6.07, 6.45) is 1.12. The summed E-state index contributed by atoms with van der Waals surface area (Å²) < 4.78 is 32.4. The molecule has 0 aliphatic carbocycles. The molecule has 1 N–H and O–H groups in total. The van der Waals surface area contributed by atoms with E-state index in [0.717, 1.165) is 5.56 Å². The summed E-state index contributed by atoms with van der Waals surface area (Å²) in [6, 6.07) is 6.15. The summed E-state index contributed by atoms with van der Waals surface area (Å²) in [6.45, 7) is 5.65. The van der Waals surface area contributed by atoms with E-state index in [1.165, 1.54) is 4.31 Å². The Labute approximate surface area is 147 Å². The predicted molar refractivity (Wildman–Crippen MR) is 92.7 cm³/mol. The molecule has 0 spiro atoms. The Morgan fingerprint density at radius 3 is 2.72 bits per heavy atom. The lowest BCUT2D eigenvalue weighted by Crippen LogP contribution is -2.43. The van der Waals surface area contributed by atoms with Gasteiger partial charge in [0.1, 0.15) is 11.8 Å². The van der Waals surface area contributed by atoms with Crippen molar-refractivity contribution in [3.8, 4) is 0 Å². The normalized spacial score (nSPS) is 18.4. The van der Waals surface area contributed by atoms with Crippen LogP contribution in [0.15, 0.2) is 33.7 Å². The molecule has 0 radical (unpaired) electrons. The van der Waals surface area contributed by atoms with Crippen LogP contribution in [-0.2, 0) is 14.8 Å². The first-order valence-corrected chi connectivity index (χ1v) is 9.56. The smallest absolute Gasteiger partial charge is 0.244 e. The van der Waals surface area contributed by atoms with Crippen LogP contribution in [0.25, 0.3) is 0 Å². The Hall–Kier alpha value is -2.19. The van der Waals surface area contributed by atoms with Crippen LogP contribution in [0.5, 0.6) is 0 Å². The average molecular weight is 363 g/mol. The number of amides is 1. The SMILES string of the molecule is Cc1ccc(C)c(S(=O)(=O)N2CCC[C@@H]2C(=O)Nc2cc(C)on2)c1. The Morgan fingerprint density at radius 2 is 2.04 bits per heavy atom. The van der Waals surface area contributed by atoms with Gasteiger partial charge < -0.3 is 9.84 Å². The highest BCUT2D eigenvalue weighted by atomic mass is 32.2. The van der Waals surface area contributed by atoms with Crippen molar-refractivity contribution in [1.29, 1.82) is 0 Å². The first-order chi connectivity index (χ1) is 11.8. The Balaban J connectivity index is 1.87. The Kier molecular flexibility index (Phi) is 4.66. The zero-order valence-corrected chi connectivity index (χ0v) is 15.3. The number of carbonyl (C=O) groups is 1. The van der Waals surface area contributed by atoms with E-state index in [1.807, 2.05) is 13.0 Å². The third-order valence-corrected chi connectivity index (χ3v) is 6.37. The molecule has 2 heterocycles. The van der Waals surface area contributed by atoms with E-state index in [2.05, 4.69) is 10.5 Å². The lowest BCUT2D eigenvalue weighted by atomic mass is 10.2. The van der Waals surface area contributed by atoms with Gasteiger partial charge in [-0.15, -0.1) is 0 Å². The third-order valence-electron chi connectivity index (χ3n) is 4.32. The van der Waals surface area contributed by atoms with Crippen molar-refractivity contribution in [2.45, 2.75) is 44.6 Å². The number of rotatable bonds is 4. The first-order valence-electron chi connectivity index (χ1n) is 8.12. The van der Waals surface area contributed by atoms with E-state index < -0.39 is 16.1 Å². The van der Waals surface area contributed by atoms with Crippen LogP contribution in [0, 0.1) is 20.8 Å². The average Bonchev–Trinajstić information content (AvgIpc) is 3.19. The molecule has 0 bridgehead atoms. The molecule has 25 heavy (non-hydrogen) atoms. The minimum Gasteiger partial charge on any atom is -0.360 e. The molecule has 1 saturated heterocycles. The molecule has 1 aliphatic rings. The van der Waals surface area contributed by atoms with Crippen LogP contribution in [-0.4, -0.2) is 36.4 Å². The number of carbonyl (C=O) groups excluding carboxylic acids is 1. The molecule has 1 fully saturated rings. The van der Waals surface area contributed by atoms with Crippen LogP contribution in [0.2, 0.25) is 0 Å². The van der Waals surface area contributed by atoms with Gasteiger partial charge >= 0.3 is 0 Å². The Bertz CT molecular complexity index is 904. The van der Waals surface area contributed by atoms with E-state index in [0.29, 0.717) is 36.5 Å². The van der Waals surface area contributed by atoms with Gasteiger partial charge in [-0.1, -0.05) is 17.3 Å². The second kappa shape index (κ2) is 6.61. The highest BCUT2D eigenvalue weighted by molar-refractivity contribution is 7.89. The molecule has 1 aliphatic heterocycles. The van der Waals surface area contributed by atoms with Gasteiger partial charge in [0.25, 0.3) is 0 Å². The van der Waals surface area contributed by atoms with Crippen molar-refractivity contribution >= 4 is 21.7 Å². The molecule has 1 aromatic heterocycles. The maximum absolute atomic E-state index is 13.1. The van der Waals surface area contributed by atoms with Crippen molar-refractivity contribution in [3.63, 3.8) is 0 Å². The highest BCUT2D eigenvalue weighted by Crippen LogP contribution is 2.29. The van der Waals surface area contributed by atoms with Crippen LogP contribution >= 0.6 is 0 Å². The molecule has 1 atom stereocenters. The number of hydrogen-bond acceptors (Lipinski definition) is 5. The summed E-state index contributed by atoms with van der Waals surface area (Å²) in [5, 5.41) is 6.36. The summed E-state index contributed by atoms with van der Waals surface area (Å²) >= 11 is 0. The fourth-order valence-electron chi connectivity index (χ4n) is 3.04. The van der Waals surface area contributed by atoms with Gasteiger partial charge in [-0.3, -0.25) is 4.79 Å². The summed E-state index contributed by atoms with van der Waals surface area (Å²) in [5.74, 6) is 0.472. The standard InChI is InChI=1S/C17H21N3O4S/c1-11-6-7-12(2)15(9-11)25(22,23)20-8-4-5-14(20)17(21)18-16-10-13(3)24-19-16/h6-7,9-10,14H,4-5,8H2,1-3H3,(H,18,19,21)/t14-/m1/s1. The van der Waals surface area contributed by atoms with Crippen molar-refractivity contribution in [3.05, 3.63) is 41.2 Å². The second-order valence-electron chi connectivity index (χ2n) is 6.35. The Morgan fingerprint density at radius 1 is 1.28 bits per heavy atom. The molecular formula is C17H21N3O4S. The molecule has 0 saturated carbocycles. The van der Waals surface area contributed by atoms with Crippen LogP contribution in [0.3, 0.4) is 0 Å². The van der Waals surface area contributed by atoms with Gasteiger partial charge in [0.15, 0.2) is 5.82 Å². The van der Waals surface area contributed by atoms with Gasteiger partial charge in [-0.05, 0) is 50.8 Å². The fraction of sp³-hybridized carbons (Fsp3) is 0.412. The van der Waals surface area contributed by atoms with E-state index in [1.54, 1.807) is 32.0 Å². The fourth-order valence-corrected chi connectivity index (χ4v) is 5.00. The van der Waals surface area contributed by atoms with E-state index in [9.17, 15) is 13.2 Å². The second-order valence-corrected chi connectivity index (χ2v) is 8.21. The largest absolute Gasteiger partial charge is 0.360 e. The molecule has 2 aromatic rings. The zero-order chi connectivity index (χ0) is 18.2. The minimum absolute atomic E-state index is 0.254. The van der Waals surface area contributed by atoms with E-state index in [-0.39, 0.29) is 10.8 Å². The number of anilines is 1. The summed E-state index contributed by atoms with van der Waals surface area (Å²) in [5.41, 5.74) is 1.53. The maximum Gasteiger partial charge on any atom is 0.244 e. The third kappa shape index (κ3) is 3.45. The molecular weight excluding hydrogens is 342 g/mol. The van der Waals surface area contributed by atoms with Crippen LogP contribution < -0.4 is 5.32 Å². The lowest BCUT2D eigenvalue weighted by molar-refractivity contribution is -0.119. The summed E-state index contributed by atoms with van der Waals surface area (Å²) in [4.78, 5) is 12.8. The van der Waals surface area contributed by atoms with E-state index in [4.69, 9.17) is 4.52 Å². The van der Waals surface area contributed by atoms with Crippen molar-refractivity contribution in [1.82, 2.24) is 9.46 Å². The van der Waals surface area contributed by atoms with Crippen molar-refractivity contribution in [2.24, 2.45) is 0 Å². The number of nitrogens with zero attached hydrogens (tertiary/aromatic N) is 2. The number of hydrogen-bond donors (Lipinski definition) is 1. The van der Waals surface area contributed by atoms with Crippen LogP contribution in [0.1, 0.15) is 29.7 Å². The molecule has 3 rings (SSSR count). The molecule has 8 heteroatoms. The minimum atomic E-state index is -3.74. The predicted octanol–water partition coefficient (Wildman–Crippen LogP) is 2.39. The van der Waals surface area contributed by atoms with Gasteiger partial charge in [-0.25, -0.2) is 8.42 Å².